The first-order valence-corrected chi connectivity index (χ1v) is 26.2. The first-order valence-electron chi connectivity index (χ1n) is 21.2. The summed E-state index contributed by atoms with van der Waals surface area (Å²) in [7, 11) is 0.906. The van der Waals surface area contributed by atoms with E-state index >= 15 is 0 Å². The number of carboxylic acids is 1. The van der Waals surface area contributed by atoms with Crippen LogP contribution in [-0.4, -0.2) is 114 Å². The first-order chi connectivity index (χ1) is 32.2. The summed E-state index contributed by atoms with van der Waals surface area (Å²) in [6.45, 7) is 10.9. The number of hydrogen-bond acceptors (Lipinski definition) is 14. The van der Waals surface area contributed by atoms with Crippen molar-refractivity contribution in [2.75, 3.05) is 76.2 Å². The van der Waals surface area contributed by atoms with Crippen LogP contribution in [0.15, 0.2) is 59.6 Å². The van der Waals surface area contributed by atoms with E-state index < -0.39 is 38.0 Å². The number of aromatic nitrogens is 2. The maximum absolute atomic E-state index is 14.5. The van der Waals surface area contributed by atoms with Crippen molar-refractivity contribution in [2.45, 2.75) is 65.2 Å². The number of urea groups is 1. The third-order valence-corrected chi connectivity index (χ3v) is 11.5. The minimum Gasteiger partial charge on any atom is -0.778 e. The Morgan fingerprint density at radius 2 is 1.74 bits per heavy atom. The second-order valence-corrected chi connectivity index (χ2v) is 22.7. The molecule has 19 nitrogen and oxygen atoms in total. The maximum Gasteiger partial charge on any atom is 0.345 e. The third kappa shape index (κ3) is 16.6. The number of carbonyl (C=O) groups excluding carboxylic acids is 2. The van der Waals surface area contributed by atoms with Gasteiger partial charge in [0.25, 0.3) is 5.91 Å². The summed E-state index contributed by atoms with van der Waals surface area (Å²) in [4.78, 5) is 63.0. The highest BCUT2D eigenvalue weighted by Crippen LogP contribution is 2.46. The summed E-state index contributed by atoms with van der Waals surface area (Å²) >= 11 is 1.24. The standard InChI is InChI=1S/C22H28N2O5.C18H17FN4O2S.C3H8NO5P.C3H9S/c1-21(2)14-22(3,26-5)29-19-13-17(11-12-18(19)21)28-16-9-7-15(8-10-16)23-20(25)24(4)27-6;1-4-5-22-13-7-12(11(19)6-14(13)25-9-16(22)24)20-17-23-10-18(2,3)8-15(23)21-26-17;5-3(6)1-4-2-10(7,8)9;1-4(2)3/h7-13H,14H2,1-6H3,(H,23,25);1,6-7H,5,8-10H2,2-3H3;4H,1-2H2,(H,5,6)(H2,7,8,9);1-3H3/q;;;+1/p-1/b;20-17-;;. The number of aliphatic carboxylic acids is 1. The number of anilines is 2. The summed E-state index contributed by atoms with van der Waals surface area (Å²) in [6, 6.07) is 15.3. The van der Waals surface area contributed by atoms with Crippen molar-refractivity contribution in [3.63, 3.8) is 0 Å². The van der Waals surface area contributed by atoms with Gasteiger partial charge in [0, 0.05) is 75.4 Å². The predicted octanol–water partition coefficient (Wildman–Crippen LogP) is 5.84. The van der Waals surface area contributed by atoms with Gasteiger partial charge in [-0.2, -0.15) is 4.37 Å². The molecule has 2 atom stereocenters. The molecule has 0 saturated carbocycles. The van der Waals surface area contributed by atoms with E-state index in [4.69, 9.17) is 40.2 Å². The van der Waals surface area contributed by atoms with E-state index in [-0.39, 0.29) is 41.6 Å². The van der Waals surface area contributed by atoms with Gasteiger partial charge >= 0.3 is 12.0 Å². The molecule has 3 amide bonds. The molecule has 4 N–H and O–H groups in total. The molecule has 3 aliphatic heterocycles. The van der Waals surface area contributed by atoms with Gasteiger partial charge in [-0.3, -0.25) is 24.6 Å². The van der Waals surface area contributed by atoms with Crippen molar-refractivity contribution < 1.29 is 62.0 Å². The van der Waals surface area contributed by atoms with Crippen molar-refractivity contribution in [2.24, 2.45) is 10.4 Å². The zero-order valence-corrected chi connectivity index (χ0v) is 43.1. The predicted molar refractivity (Wildman–Crippen MR) is 262 cm³/mol. The zero-order valence-electron chi connectivity index (χ0n) is 40.6. The zero-order chi connectivity index (χ0) is 51.5. The number of rotatable bonds is 11. The number of terminal acetylenes is 1. The lowest BCUT2D eigenvalue weighted by molar-refractivity contribution is -0.193. The normalized spacial score (nSPS) is 18.0. The largest absolute Gasteiger partial charge is 0.778 e. The highest BCUT2D eigenvalue weighted by Gasteiger charge is 2.42. The molecule has 0 radical (unpaired) electrons. The van der Waals surface area contributed by atoms with Crippen LogP contribution in [0.5, 0.6) is 23.0 Å². The molecule has 0 fully saturated rings. The van der Waals surface area contributed by atoms with Crippen molar-refractivity contribution in [1.82, 2.24) is 19.3 Å². The molecule has 1 aromatic heterocycles. The topological polar surface area (TPSA) is 239 Å². The third-order valence-electron chi connectivity index (χ3n) is 10.1. The SMILES string of the molecule is C#CCN1C(=O)COc2cc(F)c(/N=c3\snc4n3CC(C)(C)C4)cc21.CON(C)C(=O)Nc1ccc(Oc2ccc3c(c2)OC(C)(OC)CC3(C)C)cc1.C[S+](C)C.O=C(O)CNCP(=O)([O-])O. The number of nitrogens with zero attached hydrogens (tertiary/aromatic N) is 5. The molecule has 3 aromatic carbocycles. The molecule has 23 heteroatoms. The Labute approximate surface area is 408 Å². The number of carbonyl (C=O) groups is 3. The Morgan fingerprint density at radius 3 is 2.33 bits per heavy atom. The van der Waals surface area contributed by atoms with Gasteiger partial charge < -0.3 is 48.3 Å². The number of fused-ring (bicyclic) bond motifs is 3. The molecule has 376 valence electrons. The Kier molecular flexibility index (Phi) is 19.4. The fraction of sp³-hybridized carbons (Fsp3) is 0.457. The first kappa shape index (κ1) is 56.1. The number of methoxy groups -OCH3 is 1. The summed E-state index contributed by atoms with van der Waals surface area (Å²) in [5.74, 6) is 3.14. The van der Waals surface area contributed by atoms with Crippen LogP contribution in [-0.2, 0) is 53.0 Å². The second-order valence-electron chi connectivity index (χ2n) is 17.9. The van der Waals surface area contributed by atoms with Crippen LogP contribution >= 0.6 is 19.1 Å². The number of nitrogens with one attached hydrogen (secondary N) is 2. The van der Waals surface area contributed by atoms with Crippen LogP contribution in [0.4, 0.5) is 26.2 Å². The highest BCUT2D eigenvalue weighted by molar-refractivity contribution is 7.94. The van der Waals surface area contributed by atoms with Crippen LogP contribution < -0.4 is 39.4 Å². The quantitative estimate of drug-likeness (QED) is 0.0598. The van der Waals surface area contributed by atoms with E-state index in [2.05, 4.69) is 67.1 Å². The molecule has 69 heavy (non-hydrogen) atoms. The van der Waals surface area contributed by atoms with Gasteiger partial charge in [-0.25, -0.2) is 19.2 Å². The molecule has 0 spiro atoms. The molecule has 7 rings (SSSR count). The summed E-state index contributed by atoms with van der Waals surface area (Å²) in [5.41, 5.74) is 2.36. The average Bonchev–Trinajstić information content (AvgIpc) is 3.76. The van der Waals surface area contributed by atoms with Gasteiger partial charge in [0.15, 0.2) is 12.4 Å². The molecule has 2 unspecified atom stereocenters. The van der Waals surface area contributed by atoms with Gasteiger partial charge in [0.1, 0.15) is 42.1 Å². The fourth-order valence-electron chi connectivity index (χ4n) is 7.07. The molecule has 3 aliphatic rings. The van der Waals surface area contributed by atoms with Crippen molar-refractivity contribution in [3.05, 3.63) is 76.6 Å². The van der Waals surface area contributed by atoms with Gasteiger partial charge in [-0.15, -0.1) is 6.42 Å². The molecule has 0 saturated heterocycles. The molecule has 0 bridgehead atoms. The fourth-order valence-corrected chi connectivity index (χ4v) is 8.22. The van der Waals surface area contributed by atoms with Gasteiger partial charge in [-0.1, -0.05) is 39.7 Å². The number of carboxylic acid groups (broad SMARTS) is 1. The maximum atomic E-state index is 14.5. The van der Waals surface area contributed by atoms with Crippen LogP contribution in [0, 0.1) is 23.6 Å². The summed E-state index contributed by atoms with van der Waals surface area (Å²) in [5, 5.41) is 13.8. The number of hydrogen-bond donors (Lipinski definition) is 4. The lowest BCUT2D eigenvalue weighted by atomic mass is 9.76. The lowest BCUT2D eigenvalue weighted by Gasteiger charge is -2.43. The van der Waals surface area contributed by atoms with Crippen LogP contribution in [0.2, 0.25) is 0 Å². The summed E-state index contributed by atoms with van der Waals surface area (Å²) < 4.78 is 53.9. The Hall–Kier alpha value is -5.50. The minimum absolute atomic E-state index is 0.0773. The van der Waals surface area contributed by atoms with Gasteiger partial charge in [-0.05, 0) is 58.1 Å². The number of amides is 3. The van der Waals surface area contributed by atoms with E-state index in [0.29, 0.717) is 44.3 Å². The van der Waals surface area contributed by atoms with Gasteiger partial charge in [0.2, 0.25) is 10.6 Å². The monoisotopic (exact) mass is 1020 g/mol. The van der Waals surface area contributed by atoms with Crippen molar-refractivity contribution in [3.8, 4) is 35.3 Å². The molecule has 0 aliphatic carbocycles. The average molecular weight is 1020 g/mol. The van der Waals surface area contributed by atoms with Gasteiger partial charge in [0.05, 0.1) is 50.9 Å². The van der Waals surface area contributed by atoms with Crippen molar-refractivity contribution in [1.29, 1.82) is 0 Å². The number of halogens is 1. The van der Waals surface area contributed by atoms with Crippen LogP contribution in [0.1, 0.15) is 52.4 Å². The van der Waals surface area contributed by atoms with Crippen molar-refractivity contribution >= 4 is 65.0 Å². The molecule has 4 aromatic rings. The minimum atomic E-state index is -4.35. The van der Waals surface area contributed by atoms with E-state index in [1.165, 1.54) is 42.7 Å². The lowest BCUT2D eigenvalue weighted by Crippen LogP contribution is -2.45. The van der Waals surface area contributed by atoms with E-state index in [1.54, 1.807) is 31.4 Å². The molecular weight excluding hydrogens is 957 g/mol. The number of hydroxylamine groups is 2. The van der Waals surface area contributed by atoms with Crippen LogP contribution in [0.25, 0.3) is 0 Å². The van der Waals surface area contributed by atoms with Crippen LogP contribution in [0.3, 0.4) is 0 Å². The Bertz CT molecular complexity index is 2610. The smallest absolute Gasteiger partial charge is 0.345 e. The van der Waals surface area contributed by atoms with E-state index in [9.17, 15) is 28.2 Å². The number of benzene rings is 3. The number of ether oxygens (including phenoxy) is 4. The summed E-state index contributed by atoms with van der Waals surface area (Å²) in [6.07, 6.45) is 12.8. The second kappa shape index (κ2) is 23.9. The van der Waals surface area contributed by atoms with E-state index in [0.717, 1.165) is 41.6 Å². The Morgan fingerprint density at radius 1 is 1.09 bits per heavy atom. The Balaban J connectivity index is 0.000000237. The highest BCUT2D eigenvalue weighted by atomic mass is 32.2. The molecule has 4 heterocycles. The van der Waals surface area contributed by atoms with E-state index in [1.807, 2.05) is 35.0 Å². The molecular formula is C46H61FN7O12PS2.